The number of rotatable bonds is 11. The first kappa shape index (κ1) is 25.3. The van der Waals surface area contributed by atoms with Crippen molar-refractivity contribution < 1.29 is 14.6 Å². The molecule has 0 saturated heterocycles. The van der Waals surface area contributed by atoms with E-state index in [-0.39, 0.29) is 6.04 Å². The molecule has 1 aromatic heterocycles. The van der Waals surface area contributed by atoms with Gasteiger partial charge in [0.25, 0.3) is 0 Å². The van der Waals surface area contributed by atoms with Crippen LogP contribution in [0.15, 0.2) is 48.5 Å². The number of halogens is 1. The summed E-state index contributed by atoms with van der Waals surface area (Å²) in [7, 11) is 3.42. The molecule has 0 saturated carbocycles. The fourth-order valence-electron chi connectivity index (χ4n) is 4.77. The summed E-state index contributed by atoms with van der Waals surface area (Å²) in [5.41, 5.74) is 7.60. The summed E-state index contributed by atoms with van der Waals surface area (Å²) in [4.78, 5) is 15.5. The Morgan fingerprint density at radius 2 is 1.89 bits per heavy atom. The Balaban J connectivity index is 1.54. The lowest BCUT2D eigenvalue weighted by Crippen LogP contribution is -2.39. The number of hydrogen-bond acceptors (Lipinski definition) is 6. The number of carbonyl (C=O) groups is 1. The number of pyridine rings is 1. The molecule has 4 rings (SSSR count). The van der Waals surface area contributed by atoms with Crippen molar-refractivity contribution >= 4 is 17.9 Å². The largest absolute Gasteiger partial charge is 0.481 e. The molecule has 1 aliphatic rings. The zero-order valence-electron chi connectivity index (χ0n) is 20.2. The molecule has 0 amide bonds. The van der Waals surface area contributed by atoms with Gasteiger partial charge in [0.05, 0.1) is 17.8 Å². The van der Waals surface area contributed by atoms with Gasteiger partial charge in [-0.25, -0.2) is 4.98 Å². The monoisotopic (exact) mass is 493 g/mol. The number of nitrogens with one attached hydrogen (secondary N) is 2. The first-order valence-corrected chi connectivity index (χ1v) is 12.4. The molecule has 184 valence electrons. The van der Waals surface area contributed by atoms with Crippen LogP contribution in [-0.4, -0.2) is 49.2 Å². The number of aromatic nitrogens is 1. The van der Waals surface area contributed by atoms with E-state index in [9.17, 15) is 9.90 Å². The summed E-state index contributed by atoms with van der Waals surface area (Å²) < 4.78 is 5.59. The molecule has 1 unspecified atom stereocenters. The molecule has 0 bridgehead atoms. The molecule has 0 spiro atoms. The van der Waals surface area contributed by atoms with E-state index in [0.717, 1.165) is 35.2 Å². The molecule has 0 aliphatic heterocycles. The molecule has 3 aromatic rings. The highest BCUT2D eigenvalue weighted by Gasteiger charge is 2.19. The first-order valence-electron chi connectivity index (χ1n) is 12.0. The lowest BCUT2D eigenvalue weighted by molar-refractivity contribution is -0.115. The molecule has 0 radical (unpaired) electrons. The maximum atomic E-state index is 10.7. The SMILES string of the molecule is CN[C@H](CNCc1ccc(-c2cccc(-c3cccc4c3CCC4)c2Cl)nc1OC)CC(O)C=O. The molecular weight excluding hydrogens is 462 g/mol. The smallest absolute Gasteiger partial charge is 0.218 e. The van der Waals surface area contributed by atoms with Crippen molar-refractivity contribution in [1.29, 1.82) is 0 Å². The third-order valence-electron chi connectivity index (χ3n) is 6.64. The second kappa shape index (κ2) is 11.8. The highest BCUT2D eigenvalue weighted by atomic mass is 35.5. The number of aryl methyl sites for hydroxylation is 1. The van der Waals surface area contributed by atoms with Crippen molar-refractivity contribution in [1.82, 2.24) is 15.6 Å². The Bertz CT molecular complexity index is 1180. The van der Waals surface area contributed by atoms with E-state index in [0.29, 0.717) is 36.7 Å². The van der Waals surface area contributed by atoms with Gasteiger partial charge in [-0.15, -0.1) is 0 Å². The number of aliphatic hydroxyl groups excluding tert-OH is 1. The van der Waals surface area contributed by atoms with Crippen molar-refractivity contribution in [2.24, 2.45) is 0 Å². The number of nitrogens with zero attached hydrogens (tertiary/aromatic N) is 1. The third-order valence-corrected chi connectivity index (χ3v) is 7.05. The second-order valence-electron chi connectivity index (χ2n) is 8.88. The van der Waals surface area contributed by atoms with E-state index in [1.54, 1.807) is 7.11 Å². The van der Waals surface area contributed by atoms with Crippen LogP contribution in [0.1, 0.15) is 29.5 Å². The predicted octanol–water partition coefficient (Wildman–Crippen LogP) is 4.19. The van der Waals surface area contributed by atoms with Gasteiger partial charge in [0, 0.05) is 35.8 Å². The maximum absolute atomic E-state index is 10.7. The van der Waals surface area contributed by atoms with Gasteiger partial charge in [-0.2, -0.15) is 0 Å². The number of hydrogen-bond donors (Lipinski definition) is 3. The van der Waals surface area contributed by atoms with E-state index >= 15 is 0 Å². The van der Waals surface area contributed by atoms with E-state index in [4.69, 9.17) is 21.3 Å². The van der Waals surface area contributed by atoms with Gasteiger partial charge in [0.15, 0.2) is 0 Å². The summed E-state index contributed by atoms with van der Waals surface area (Å²) in [5.74, 6) is 0.533. The minimum Gasteiger partial charge on any atom is -0.481 e. The quantitative estimate of drug-likeness (QED) is 0.347. The summed E-state index contributed by atoms with van der Waals surface area (Å²) in [6, 6.07) is 16.5. The van der Waals surface area contributed by atoms with Crippen LogP contribution in [-0.2, 0) is 24.2 Å². The molecule has 6 nitrogen and oxygen atoms in total. The zero-order chi connectivity index (χ0) is 24.8. The van der Waals surface area contributed by atoms with Gasteiger partial charge >= 0.3 is 0 Å². The number of aldehydes is 1. The first-order chi connectivity index (χ1) is 17.0. The van der Waals surface area contributed by atoms with Crippen LogP contribution in [0.25, 0.3) is 22.4 Å². The zero-order valence-corrected chi connectivity index (χ0v) is 20.9. The van der Waals surface area contributed by atoms with Gasteiger partial charge in [-0.1, -0.05) is 54.1 Å². The summed E-state index contributed by atoms with van der Waals surface area (Å²) >= 11 is 6.96. The van der Waals surface area contributed by atoms with Gasteiger partial charge in [0.1, 0.15) is 12.4 Å². The van der Waals surface area contributed by atoms with Crippen molar-refractivity contribution in [3.05, 3.63) is 70.2 Å². The molecule has 2 aromatic carbocycles. The molecular formula is C28H32ClN3O3. The number of fused-ring (bicyclic) bond motifs is 1. The van der Waals surface area contributed by atoms with Crippen LogP contribution in [0.4, 0.5) is 0 Å². The number of aliphatic hydroxyl groups is 1. The standard InChI is InChI=1S/C28H32ClN3O3/c1-30-20(14-21(34)17-33)16-31-15-19-12-13-26(32-28(19)35-2)25-11-5-10-24(27(25)29)23-9-4-7-18-6-3-8-22(18)23/h4-5,7,9-13,17,20-21,30-31,34H,3,6,8,14-16H2,1-2H3/t20-,21?/m0/s1. The Labute approximate surface area is 211 Å². The number of carbonyl (C=O) groups excluding carboxylic acids is 1. The normalized spacial score (nSPS) is 14.4. The Morgan fingerprint density at radius 1 is 1.11 bits per heavy atom. The van der Waals surface area contributed by atoms with E-state index in [1.807, 2.05) is 31.3 Å². The molecule has 7 heteroatoms. The number of methoxy groups -OCH3 is 1. The van der Waals surface area contributed by atoms with Crippen molar-refractivity contribution in [2.45, 2.75) is 44.4 Å². The van der Waals surface area contributed by atoms with Crippen LogP contribution in [0.5, 0.6) is 5.88 Å². The molecule has 35 heavy (non-hydrogen) atoms. The van der Waals surface area contributed by atoms with E-state index in [2.05, 4.69) is 34.9 Å². The molecule has 1 heterocycles. The Hall–Kier alpha value is -2.77. The number of ether oxygens (including phenoxy) is 1. The van der Waals surface area contributed by atoms with Crippen LogP contribution < -0.4 is 15.4 Å². The second-order valence-corrected chi connectivity index (χ2v) is 9.26. The van der Waals surface area contributed by atoms with Gasteiger partial charge in [-0.3, -0.25) is 0 Å². The molecule has 2 atom stereocenters. The van der Waals surface area contributed by atoms with E-state index < -0.39 is 6.10 Å². The highest BCUT2D eigenvalue weighted by Crippen LogP contribution is 2.40. The summed E-state index contributed by atoms with van der Waals surface area (Å²) in [6.45, 7) is 1.12. The van der Waals surface area contributed by atoms with Crippen LogP contribution in [0.2, 0.25) is 5.02 Å². The van der Waals surface area contributed by atoms with Crippen LogP contribution in [0.3, 0.4) is 0 Å². The maximum Gasteiger partial charge on any atom is 0.218 e. The van der Waals surface area contributed by atoms with Crippen molar-refractivity contribution in [3.63, 3.8) is 0 Å². The predicted molar refractivity (Wildman–Crippen MR) is 140 cm³/mol. The third kappa shape index (κ3) is 5.73. The summed E-state index contributed by atoms with van der Waals surface area (Å²) in [6.07, 6.45) is 3.33. The Kier molecular flexibility index (Phi) is 8.52. The molecule has 1 aliphatic carbocycles. The number of benzene rings is 2. The highest BCUT2D eigenvalue weighted by molar-refractivity contribution is 6.36. The van der Waals surface area contributed by atoms with Crippen LogP contribution in [0, 0.1) is 0 Å². The molecule has 0 fully saturated rings. The average molecular weight is 494 g/mol. The van der Waals surface area contributed by atoms with Crippen molar-refractivity contribution in [3.8, 4) is 28.3 Å². The van der Waals surface area contributed by atoms with Gasteiger partial charge in [0.2, 0.25) is 5.88 Å². The fraction of sp³-hybridized carbons (Fsp3) is 0.357. The lowest BCUT2D eigenvalue weighted by atomic mass is 9.95. The Morgan fingerprint density at radius 3 is 2.66 bits per heavy atom. The molecule has 3 N–H and O–H groups in total. The minimum absolute atomic E-state index is 0.0330. The fourth-order valence-corrected chi connectivity index (χ4v) is 5.10. The van der Waals surface area contributed by atoms with Gasteiger partial charge < -0.3 is 25.3 Å². The van der Waals surface area contributed by atoms with Crippen molar-refractivity contribution in [2.75, 3.05) is 20.7 Å². The minimum atomic E-state index is -0.970. The van der Waals surface area contributed by atoms with Gasteiger partial charge in [-0.05, 0) is 55.5 Å². The average Bonchev–Trinajstić information content (AvgIpc) is 3.37. The topological polar surface area (TPSA) is 83.5 Å². The van der Waals surface area contributed by atoms with Crippen LogP contribution >= 0.6 is 11.6 Å². The summed E-state index contributed by atoms with van der Waals surface area (Å²) in [5, 5.41) is 16.7. The lowest BCUT2D eigenvalue weighted by Gasteiger charge is -2.18. The number of likely N-dealkylation sites (N-methyl/N-ethyl adjacent to an activating group) is 1. The van der Waals surface area contributed by atoms with E-state index in [1.165, 1.54) is 23.1 Å².